The molecule has 0 saturated carbocycles. The Morgan fingerprint density at radius 3 is 2.59 bits per heavy atom. The average molecular weight is 258 g/mol. The van der Waals surface area contributed by atoms with Gasteiger partial charge in [-0.15, -0.1) is 0 Å². The minimum atomic E-state index is -0.578. The largest absolute Gasteiger partial charge is 0.444 e. The number of carbonyl (C=O) groups excluding carboxylic acids is 1. The summed E-state index contributed by atoms with van der Waals surface area (Å²) in [6, 6.07) is 1.63. The van der Waals surface area contributed by atoms with Gasteiger partial charge in [0.2, 0.25) is 0 Å². The summed E-state index contributed by atoms with van der Waals surface area (Å²) < 4.78 is 5.09. The van der Waals surface area contributed by atoms with Gasteiger partial charge >= 0.3 is 6.09 Å². The third-order valence-electron chi connectivity index (χ3n) is 1.79. The van der Waals surface area contributed by atoms with Gasteiger partial charge in [0, 0.05) is 0 Å². The van der Waals surface area contributed by atoms with Gasteiger partial charge in [0.15, 0.2) is 0 Å². The van der Waals surface area contributed by atoms with Gasteiger partial charge in [-0.3, -0.25) is 5.32 Å². The summed E-state index contributed by atoms with van der Waals surface area (Å²) in [6.07, 6.45) is -0.578. The maximum absolute atomic E-state index is 11.5. The number of ether oxygens (including phenoxy) is 1. The third kappa shape index (κ3) is 4.11. The van der Waals surface area contributed by atoms with E-state index in [2.05, 4.69) is 10.3 Å². The fourth-order valence-electron chi connectivity index (χ4n) is 1.15. The highest BCUT2D eigenvalue weighted by Gasteiger charge is 2.17. The summed E-state index contributed by atoms with van der Waals surface area (Å²) >= 11 is 5.86. The molecule has 17 heavy (non-hydrogen) atoms. The van der Waals surface area contributed by atoms with Crippen LogP contribution in [0.4, 0.5) is 16.4 Å². The predicted octanol–water partition coefficient (Wildman–Crippen LogP) is 2.97. The molecule has 6 heteroatoms. The number of nitrogens with zero attached hydrogens (tertiary/aromatic N) is 1. The molecule has 0 aliphatic carbocycles. The van der Waals surface area contributed by atoms with Gasteiger partial charge in [-0.25, -0.2) is 9.78 Å². The predicted molar refractivity (Wildman–Crippen MR) is 68.3 cm³/mol. The van der Waals surface area contributed by atoms with Crippen molar-refractivity contribution in [3.05, 3.63) is 16.7 Å². The molecule has 0 spiro atoms. The zero-order chi connectivity index (χ0) is 13.2. The van der Waals surface area contributed by atoms with Crippen LogP contribution in [-0.4, -0.2) is 16.7 Å². The van der Waals surface area contributed by atoms with Crippen LogP contribution in [0.1, 0.15) is 26.3 Å². The lowest BCUT2D eigenvalue weighted by Gasteiger charge is -2.19. The number of hydrogen-bond acceptors (Lipinski definition) is 4. The van der Waals surface area contributed by atoms with Crippen LogP contribution < -0.4 is 11.1 Å². The number of amides is 1. The number of aryl methyl sites for hydroxylation is 1. The Hall–Kier alpha value is -1.49. The molecule has 5 nitrogen and oxygen atoms in total. The molecule has 0 saturated heterocycles. The van der Waals surface area contributed by atoms with Crippen LogP contribution in [0.2, 0.25) is 5.02 Å². The lowest BCUT2D eigenvalue weighted by Crippen LogP contribution is -2.27. The van der Waals surface area contributed by atoms with Crippen molar-refractivity contribution in [2.75, 3.05) is 11.1 Å². The molecule has 0 unspecified atom stereocenters. The number of pyridine rings is 1. The molecule has 0 bridgehead atoms. The normalized spacial score (nSPS) is 11.1. The molecule has 1 heterocycles. The van der Waals surface area contributed by atoms with E-state index in [4.69, 9.17) is 22.1 Å². The lowest BCUT2D eigenvalue weighted by atomic mass is 10.2. The van der Waals surface area contributed by atoms with Crippen molar-refractivity contribution in [2.45, 2.75) is 33.3 Å². The molecule has 94 valence electrons. The number of nitrogens with two attached hydrogens (primary N) is 1. The van der Waals surface area contributed by atoms with Gasteiger partial charge in [-0.1, -0.05) is 11.6 Å². The van der Waals surface area contributed by atoms with Crippen LogP contribution in [0.15, 0.2) is 6.07 Å². The molecule has 0 radical (unpaired) electrons. The Morgan fingerprint density at radius 1 is 1.53 bits per heavy atom. The lowest BCUT2D eigenvalue weighted by molar-refractivity contribution is 0.0635. The van der Waals surface area contributed by atoms with E-state index in [1.807, 2.05) is 0 Å². The molecule has 0 fully saturated rings. The molecule has 0 aliphatic rings. The second kappa shape index (κ2) is 4.79. The molecule has 0 atom stereocenters. The van der Waals surface area contributed by atoms with Gasteiger partial charge in [0.1, 0.15) is 17.2 Å². The van der Waals surface area contributed by atoms with E-state index in [9.17, 15) is 4.79 Å². The first kappa shape index (κ1) is 13.6. The molecule has 0 aliphatic heterocycles. The van der Waals surface area contributed by atoms with Crippen molar-refractivity contribution >= 4 is 29.3 Å². The van der Waals surface area contributed by atoms with Crippen LogP contribution in [0.3, 0.4) is 0 Å². The Bertz CT molecular complexity index is 418. The van der Waals surface area contributed by atoms with Crippen LogP contribution in [0.25, 0.3) is 0 Å². The monoisotopic (exact) mass is 257 g/mol. The van der Waals surface area contributed by atoms with E-state index in [0.717, 1.165) is 5.56 Å². The molecule has 3 N–H and O–H groups in total. The first-order valence-corrected chi connectivity index (χ1v) is 5.49. The summed E-state index contributed by atoms with van der Waals surface area (Å²) in [6.45, 7) is 7.12. The zero-order valence-electron chi connectivity index (χ0n) is 10.3. The maximum atomic E-state index is 11.5. The van der Waals surface area contributed by atoms with E-state index in [1.54, 1.807) is 33.8 Å². The van der Waals surface area contributed by atoms with Gasteiger partial charge in [0.05, 0.1) is 5.02 Å². The van der Waals surface area contributed by atoms with Gasteiger partial charge in [0.25, 0.3) is 0 Å². The second-order valence-corrected chi connectivity index (χ2v) is 5.03. The van der Waals surface area contributed by atoms with Crippen molar-refractivity contribution in [1.82, 2.24) is 4.98 Å². The highest BCUT2D eigenvalue weighted by atomic mass is 35.5. The van der Waals surface area contributed by atoms with Crippen molar-refractivity contribution in [1.29, 1.82) is 0 Å². The first-order chi connectivity index (χ1) is 7.69. The van der Waals surface area contributed by atoms with Gasteiger partial charge < -0.3 is 10.5 Å². The number of nitrogens with one attached hydrogen (secondary N) is 1. The number of anilines is 2. The van der Waals surface area contributed by atoms with Crippen molar-refractivity contribution in [3.63, 3.8) is 0 Å². The number of halogens is 1. The van der Waals surface area contributed by atoms with E-state index in [1.165, 1.54) is 0 Å². The highest BCUT2D eigenvalue weighted by Crippen LogP contribution is 2.23. The van der Waals surface area contributed by atoms with Crippen molar-refractivity contribution < 1.29 is 9.53 Å². The molecule has 1 aromatic heterocycles. The van der Waals surface area contributed by atoms with Crippen LogP contribution in [0.5, 0.6) is 0 Å². The molecular formula is C11H16ClN3O2. The Morgan fingerprint density at radius 2 is 2.12 bits per heavy atom. The van der Waals surface area contributed by atoms with Crippen LogP contribution >= 0.6 is 11.6 Å². The smallest absolute Gasteiger partial charge is 0.413 e. The summed E-state index contributed by atoms with van der Waals surface area (Å²) in [5, 5.41) is 2.89. The number of rotatable bonds is 1. The number of hydrogen-bond donors (Lipinski definition) is 2. The Labute approximate surface area is 105 Å². The minimum Gasteiger partial charge on any atom is -0.444 e. The van der Waals surface area contributed by atoms with E-state index >= 15 is 0 Å². The topological polar surface area (TPSA) is 77.2 Å². The highest BCUT2D eigenvalue weighted by molar-refractivity contribution is 6.33. The summed E-state index contributed by atoms with van der Waals surface area (Å²) in [5.41, 5.74) is 5.77. The fourth-order valence-corrected chi connectivity index (χ4v) is 1.25. The van der Waals surface area contributed by atoms with Crippen molar-refractivity contribution in [2.24, 2.45) is 0 Å². The van der Waals surface area contributed by atoms with Crippen molar-refractivity contribution in [3.8, 4) is 0 Å². The second-order valence-electron chi connectivity index (χ2n) is 4.65. The first-order valence-electron chi connectivity index (χ1n) is 5.11. The average Bonchev–Trinajstić information content (AvgIpc) is 2.10. The third-order valence-corrected chi connectivity index (χ3v) is 2.29. The summed E-state index contributed by atoms with van der Waals surface area (Å²) in [4.78, 5) is 15.4. The van der Waals surface area contributed by atoms with Gasteiger partial charge in [-0.2, -0.15) is 0 Å². The van der Waals surface area contributed by atoms with Gasteiger partial charge in [-0.05, 0) is 39.3 Å². The molecular weight excluding hydrogens is 242 g/mol. The van der Waals surface area contributed by atoms with Crippen LogP contribution in [0, 0.1) is 6.92 Å². The number of nitrogen functional groups attached to an aromatic ring is 1. The minimum absolute atomic E-state index is 0.178. The summed E-state index contributed by atoms with van der Waals surface area (Å²) in [5.74, 6) is 0.497. The maximum Gasteiger partial charge on any atom is 0.413 e. The standard InChI is InChI=1S/C11H16ClN3O2/c1-6-5-7(14-9(13)8(6)12)15-10(16)17-11(2,3)4/h5H,1-4H3,(H3,13,14,15,16). The number of carbonyl (C=O) groups is 1. The van der Waals surface area contributed by atoms with Crippen LogP contribution in [-0.2, 0) is 4.74 Å². The number of aromatic nitrogens is 1. The van der Waals surface area contributed by atoms with E-state index in [-0.39, 0.29) is 5.82 Å². The molecule has 1 aromatic rings. The zero-order valence-corrected chi connectivity index (χ0v) is 11.1. The Kier molecular flexibility index (Phi) is 3.83. The Balaban J connectivity index is 2.79. The van der Waals surface area contributed by atoms with E-state index < -0.39 is 11.7 Å². The molecule has 0 aromatic carbocycles. The summed E-state index contributed by atoms with van der Waals surface area (Å²) in [7, 11) is 0. The SMILES string of the molecule is Cc1cc(NC(=O)OC(C)(C)C)nc(N)c1Cl. The fraction of sp³-hybridized carbons (Fsp3) is 0.455. The quantitative estimate of drug-likeness (QED) is 0.811. The molecule has 1 amide bonds. The van der Waals surface area contributed by atoms with E-state index in [0.29, 0.717) is 10.8 Å². The molecule has 1 rings (SSSR count).